The fourth-order valence-electron chi connectivity index (χ4n) is 4.32. The standard InChI is InChI=1S/C25H25N7O/c1-17-28-14-22(24(30-17)18-5-3-2-4-6-18)25(33)31-20-7-9-21(10-8-20)32-16-19(13-29-32)23-15-26-11-12-27-23/h2-6,11-16,20-21H,7-10H2,1H3,(H,31,33). The first-order valence-corrected chi connectivity index (χ1v) is 11.2. The van der Waals surface area contributed by atoms with Crippen LogP contribution in [0.4, 0.5) is 0 Å². The summed E-state index contributed by atoms with van der Waals surface area (Å²) in [7, 11) is 0. The SMILES string of the molecule is Cc1ncc(C(=O)NC2CCC(n3cc(-c4cnccn4)cn3)CC2)c(-c2ccccc2)n1. The van der Waals surface area contributed by atoms with E-state index in [1.54, 1.807) is 24.8 Å². The highest BCUT2D eigenvalue weighted by Crippen LogP contribution is 2.30. The Bertz CT molecular complexity index is 1230. The van der Waals surface area contributed by atoms with Gasteiger partial charge in [-0.2, -0.15) is 5.10 Å². The van der Waals surface area contributed by atoms with Crippen LogP contribution in [0.5, 0.6) is 0 Å². The molecule has 33 heavy (non-hydrogen) atoms. The highest BCUT2D eigenvalue weighted by molar-refractivity contribution is 5.99. The molecule has 1 fully saturated rings. The van der Waals surface area contributed by atoms with Crippen LogP contribution < -0.4 is 5.32 Å². The summed E-state index contributed by atoms with van der Waals surface area (Å²) in [4.78, 5) is 30.4. The number of aromatic nitrogens is 6. The van der Waals surface area contributed by atoms with Gasteiger partial charge in [-0.1, -0.05) is 30.3 Å². The zero-order valence-electron chi connectivity index (χ0n) is 18.4. The second-order valence-electron chi connectivity index (χ2n) is 8.32. The summed E-state index contributed by atoms with van der Waals surface area (Å²) in [5.41, 5.74) is 3.87. The Morgan fingerprint density at radius 2 is 1.79 bits per heavy atom. The van der Waals surface area contributed by atoms with E-state index in [0.29, 0.717) is 23.1 Å². The molecule has 8 nitrogen and oxygen atoms in total. The van der Waals surface area contributed by atoms with E-state index in [1.807, 2.05) is 54.3 Å². The smallest absolute Gasteiger partial charge is 0.255 e. The van der Waals surface area contributed by atoms with Crippen molar-refractivity contribution >= 4 is 5.91 Å². The minimum Gasteiger partial charge on any atom is -0.349 e. The van der Waals surface area contributed by atoms with Crippen LogP contribution in [0.1, 0.15) is 47.9 Å². The molecule has 1 amide bonds. The zero-order chi connectivity index (χ0) is 22.6. The molecule has 0 radical (unpaired) electrons. The third kappa shape index (κ3) is 4.64. The van der Waals surface area contributed by atoms with Gasteiger partial charge in [-0.25, -0.2) is 9.97 Å². The zero-order valence-corrected chi connectivity index (χ0v) is 18.4. The van der Waals surface area contributed by atoms with Crippen molar-refractivity contribution in [2.75, 3.05) is 0 Å². The lowest BCUT2D eigenvalue weighted by Crippen LogP contribution is -2.38. The molecule has 0 atom stereocenters. The maximum absolute atomic E-state index is 13.1. The third-order valence-corrected chi connectivity index (χ3v) is 6.07. The first kappa shape index (κ1) is 20.9. The molecule has 0 spiro atoms. The number of benzene rings is 1. The van der Waals surface area contributed by atoms with Gasteiger partial charge in [0.05, 0.1) is 35.4 Å². The molecule has 3 heterocycles. The van der Waals surface area contributed by atoms with Crippen molar-refractivity contribution in [1.29, 1.82) is 0 Å². The van der Waals surface area contributed by atoms with Crippen molar-refractivity contribution in [2.45, 2.75) is 44.7 Å². The molecule has 0 unspecified atom stereocenters. The number of hydrogen-bond donors (Lipinski definition) is 1. The average Bonchev–Trinajstić information content (AvgIpc) is 3.36. The average molecular weight is 440 g/mol. The minimum atomic E-state index is -0.124. The van der Waals surface area contributed by atoms with Crippen LogP contribution in [0.3, 0.4) is 0 Å². The quantitative estimate of drug-likeness (QED) is 0.504. The molecular formula is C25H25N7O. The summed E-state index contributed by atoms with van der Waals surface area (Å²) in [5.74, 6) is 0.521. The van der Waals surface area contributed by atoms with Crippen LogP contribution >= 0.6 is 0 Å². The molecule has 4 aromatic rings. The second-order valence-corrected chi connectivity index (χ2v) is 8.32. The number of rotatable bonds is 5. The predicted octanol–water partition coefficient (Wildman–Crippen LogP) is 4.02. The molecule has 166 valence electrons. The summed E-state index contributed by atoms with van der Waals surface area (Å²) < 4.78 is 2.02. The molecule has 0 saturated heterocycles. The van der Waals surface area contributed by atoms with E-state index in [4.69, 9.17) is 0 Å². The number of carbonyl (C=O) groups is 1. The Morgan fingerprint density at radius 3 is 2.55 bits per heavy atom. The van der Waals surface area contributed by atoms with Crippen molar-refractivity contribution < 1.29 is 4.79 Å². The molecule has 5 rings (SSSR count). The summed E-state index contributed by atoms with van der Waals surface area (Å²) >= 11 is 0. The molecule has 8 heteroatoms. The Balaban J connectivity index is 1.23. The van der Waals surface area contributed by atoms with E-state index < -0.39 is 0 Å². The van der Waals surface area contributed by atoms with E-state index >= 15 is 0 Å². The third-order valence-electron chi connectivity index (χ3n) is 6.07. The number of nitrogens with one attached hydrogen (secondary N) is 1. The summed E-state index contributed by atoms with van der Waals surface area (Å²) in [6, 6.07) is 10.2. The van der Waals surface area contributed by atoms with Crippen molar-refractivity contribution in [2.24, 2.45) is 0 Å². The molecule has 1 aliphatic rings. The van der Waals surface area contributed by atoms with E-state index in [9.17, 15) is 4.79 Å². The first-order chi connectivity index (χ1) is 16.2. The molecule has 1 aromatic carbocycles. The Hall–Kier alpha value is -3.94. The topological polar surface area (TPSA) is 98.5 Å². The van der Waals surface area contributed by atoms with Gasteiger partial charge in [0.1, 0.15) is 5.82 Å². The Kier molecular flexibility index (Phi) is 5.89. The fourth-order valence-corrected chi connectivity index (χ4v) is 4.32. The molecule has 0 bridgehead atoms. The highest BCUT2D eigenvalue weighted by atomic mass is 16.1. The van der Waals surface area contributed by atoms with Crippen molar-refractivity contribution in [1.82, 2.24) is 35.0 Å². The van der Waals surface area contributed by atoms with Gasteiger partial charge >= 0.3 is 0 Å². The number of aryl methyl sites for hydroxylation is 1. The van der Waals surface area contributed by atoms with Gasteiger partial charge in [-0.05, 0) is 32.6 Å². The molecule has 0 aliphatic heterocycles. The number of carbonyl (C=O) groups excluding carboxylic acids is 1. The minimum absolute atomic E-state index is 0.119. The van der Waals surface area contributed by atoms with Crippen molar-refractivity contribution in [3.63, 3.8) is 0 Å². The Labute approximate surface area is 192 Å². The van der Waals surface area contributed by atoms with Crippen LogP contribution in [0.15, 0.2) is 67.5 Å². The van der Waals surface area contributed by atoms with E-state index in [0.717, 1.165) is 42.5 Å². The maximum atomic E-state index is 13.1. The maximum Gasteiger partial charge on any atom is 0.255 e. The summed E-state index contributed by atoms with van der Waals surface area (Å²) in [6.07, 6.45) is 14.3. The van der Waals surface area contributed by atoms with Gasteiger partial charge in [0.2, 0.25) is 0 Å². The number of amides is 1. The molecule has 3 aromatic heterocycles. The van der Waals surface area contributed by atoms with Crippen molar-refractivity contribution in [3.05, 3.63) is 78.9 Å². The molecule has 1 aliphatic carbocycles. The largest absolute Gasteiger partial charge is 0.349 e. The lowest BCUT2D eigenvalue weighted by molar-refractivity contribution is 0.0921. The molecule has 1 N–H and O–H groups in total. The van der Waals surface area contributed by atoms with Crippen LogP contribution in [-0.2, 0) is 0 Å². The fraction of sp³-hybridized carbons (Fsp3) is 0.280. The second kappa shape index (κ2) is 9.28. The van der Waals surface area contributed by atoms with Gasteiger partial charge in [-0.3, -0.25) is 19.4 Å². The summed E-state index contributed by atoms with van der Waals surface area (Å²) in [6.45, 7) is 1.83. The van der Waals surface area contributed by atoms with Gasteiger partial charge in [0, 0.05) is 42.0 Å². The van der Waals surface area contributed by atoms with Gasteiger partial charge in [-0.15, -0.1) is 0 Å². The first-order valence-electron chi connectivity index (χ1n) is 11.2. The predicted molar refractivity (Wildman–Crippen MR) is 124 cm³/mol. The van der Waals surface area contributed by atoms with Crippen LogP contribution in [0.25, 0.3) is 22.5 Å². The Morgan fingerprint density at radius 1 is 0.970 bits per heavy atom. The lowest BCUT2D eigenvalue weighted by atomic mass is 9.91. The van der Waals surface area contributed by atoms with Crippen LogP contribution in [0.2, 0.25) is 0 Å². The van der Waals surface area contributed by atoms with E-state index in [2.05, 4.69) is 30.4 Å². The van der Waals surface area contributed by atoms with E-state index in [1.165, 1.54) is 0 Å². The van der Waals surface area contributed by atoms with Crippen molar-refractivity contribution in [3.8, 4) is 22.5 Å². The highest BCUT2D eigenvalue weighted by Gasteiger charge is 2.26. The number of nitrogens with zero attached hydrogens (tertiary/aromatic N) is 6. The normalized spacial score (nSPS) is 18.1. The van der Waals surface area contributed by atoms with E-state index in [-0.39, 0.29) is 11.9 Å². The molecular weight excluding hydrogens is 414 g/mol. The van der Waals surface area contributed by atoms with Crippen LogP contribution in [-0.4, -0.2) is 41.7 Å². The summed E-state index contributed by atoms with van der Waals surface area (Å²) in [5, 5.41) is 7.75. The van der Waals surface area contributed by atoms with Gasteiger partial charge in [0.15, 0.2) is 0 Å². The van der Waals surface area contributed by atoms with Gasteiger partial charge < -0.3 is 5.32 Å². The van der Waals surface area contributed by atoms with Gasteiger partial charge in [0.25, 0.3) is 5.91 Å². The number of hydrogen-bond acceptors (Lipinski definition) is 6. The monoisotopic (exact) mass is 439 g/mol. The van der Waals surface area contributed by atoms with Crippen LogP contribution in [0, 0.1) is 6.92 Å². The molecule has 1 saturated carbocycles. The lowest BCUT2D eigenvalue weighted by Gasteiger charge is -2.29.